The van der Waals surface area contributed by atoms with Crippen molar-refractivity contribution in [2.45, 2.75) is 0 Å². The molecule has 1 rings (SSSR count). The molecule has 0 aliphatic rings. The van der Waals surface area contributed by atoms with Gasteiger partial charge in [-0.05, 0) is 11.6 Å². The van der Waals surface area contributed by atoms with Gasteiger partial charge in [0.1, 0.15) is 0 Å². The van der Waals surface area contributed by atoms with E-state index in [4.69, 9.17) is 10.2 Å². The lowest BCUT2D eigenvalue weighted by atomic mass is 10.2. The number of carboxylic acid groups (broad SMARTS) is 2. The van der Waals surface area contributed by atoms with Crippen molar-refractivity contribution in [1.29, 1.82) is 0 Å². The molecule has 2 N–H and O–H groups in total. The third-order valence-corrected chi connectivity index (χ3v) is 2.67. The Balaban J connectivity index is 0.000000472. The molecule has 0 aliphatic heterocycles. The molecule has 0 radical (unpaired) electrons. The van der Waals surface area contributed by atoms with E-state index in [0.29, 0.717) is 12.2 Å². The van der Waals surface area contributed by atoms with Crippen molar-refractivity contribution in [3.63, 3.8) is 0 Å². The van der Waals surface area contributed by atoms with Crippen LogP contribution in [0, 0.1) is 0 Å². The standard InChI is InChI=1S/C10H10O3S.C4H4O4/c1-2-13-14(11,12)9-8-10-6-4-3-5-7-10;5-3(6)1-2-4(7)8/h2-9H,1H2;1-2H,(H,5,6)(H,7,8)/b;2-1-. The van der Waals surface area contributed by atoms with Crippen LogP contribution < -0.4 is 0 Å². The highest BCUT2D eigenvalue weighted by Gasteiger charge is 2.01. The molecule has 0 saturated heterocycles. The largest absolute Gasteiger partial charge is 0.478 e. The van der Waals surface area contributed by atoms with Crippen LogP contribution in [0.15, 0.2) is 60.7 Å². The van der Waals surface area contributed by atoms with Gasteiger partial charge in [0, 0.05) is 12.2 Å². The van der Waals surface area contributed by atoms with Gasteiger partial charge in [-0.25, -0.2) is 9.59 Å². The zero-order valence-corrected chi connectivity index (χ0v) is 12.1. The summed E-state index contributed by atoms with van der Waals surface area (Å²) in [6.07, 6.45) is 3.45. The molecule has 1 aromatic rings. The fraction of sp³-hybridized carbons (Fsp3) is 0. The summed E-state index contributed by atoms with van der Waals surface area (Å²) < 4.78 is 26.3. The van der Waals surface area contributed by atoms with E-state index in [2.05, 4.69) is 10.8 Å². The fourth-order valence-electron chi connectivity index (χ4n) is 0.996. The monoisotopic (exact) mass is 326 g/mol. The van der Waals surface area contributed by atoms with E-state index < -0.39 is 22.1 Å². The van der Waals surface area contributed by atoms with E-state index in [1.54, 1.807) is 12.1 Å². The third-order valence-electron chi connectivity index (χ3n) is 1.80. The molecular weight excluding hydrogens is 312 g/mol. The third kappa shape index (κ3) is 11.0. The normalized spacial score (nSPS) is 10.7. The van der Waals surface area contributed by atoms with Gasteiger partial charge < -0.3 is 14.4 Å². The van der Waals surface area contributed by atoms with E-state index in [9.17, 15) is 18.0 Å². The summed E-state index contributed by atoms with van der Waals surface area (Å²) in [7, 11) is -3.63. The number of carboxylic acids is 2. The number of benzene rings is 1. The molecule has 7 nitrogen and oxygen atoms in total. The number of carbonyl (C=O) groups is 2. The van der Waals surface area contributed by atoms with Crippen LogP contribution in [0.5, 0.6) is 0 Å². The van der Waals surface area contributed by atoms with Gasteiger partial charge in [0.15, 0.2) is 0 Å². The van der Waals surface area contributed by atoms with Gasteiger partial charge in [0.25, 0.3) is 0 Å². The molecule has 8 heteroatoms. The Morgan fingerprint density at radius 2 is 1.55 bits per heavy atom. The molecule has 0 amide bonds. The van der Waals surface area contributed by atoms with E-state index >= 15 is 0 Å². The molecule has 0 spiro atoms. The molecule has 0 unspecified atom stereocenters. The Bertz CT molecular complexity index is 642. The lowest BCUT2D eigenvalue weighted by Crippen LogP contribution is -1.94. The molecule has 0 bridgehead atoms. The minimum Gasteiger partial charge on any atom is -0.478 e. The van der Waals surface area contributed by atoms with Crippen LogP contribution in [0.3, 0.4) is 0 Å². The second-order valence-electron chi connectivity index (χ2n) is 3.48. The van der Waals surface area contributed by atoms with E-state index in [-0.39, 0.29) is 0 Å². The summed E-state index contributed by atoms with van der Waals surface area (Å²) in [5.41, 5.74) is 0.795. The SMILES string of the molecule is C=COS(=O)(=O)C=Cc1ccccc1.O=C(O)/C=C\C(=O)O. The first kappa shape index (κ1) is 19.1. The van der Waals surface area contributed by atoms with Gasteiger partial charge in [-0.3, -0.25) is 0 Å². The zero-order valence-electron chi connectivity index (χ0n) is 11.3. The van der Waals surface area contributed by atoms with Crippen molar-refractivity contribution in [3.05, 3.63) is 66.3 Å². The summed E-state index contributed by atoms with van der Waals surface area (Å²) in [6, 6.07) is 9.08. The summed E-state index contributed by atoms with van der Waals surface area (Å²) >= 11 is 0. The fourth-order valence-corrected chi connectivity index (χ4v) is 1.57. The lowest BCUT2D eigenvalue weighted by molar-refractivity contribution is -0.134. The first-order valence-corrected chi connectivity index (χ1v) is 7.15. The minimum absolute atomic E-state index is 0.558. The molecule has 0 atom stereocenters. The summed E-state index contributed by atoms with van der Waals surface area (Å²) in [5.74, 6) is -2.51. The molecule has 0 heterocycles. The van der Waals surface area contributed by atoms with E-state index in [1.165, 1.54) is 6.08 Å². The van der Waals surface area contributed by atoms with Gasteiger partial charge in [-0.1, -0.05) is 36.9 Å². The number of aliphatic carboxylic acids is 2. The van der Waals surface area contributed by atoms with E-state index in [0.717, 1.165) is 17.2 Å². The van der Waals surface area contributed by atoms with Crippen LogP contribution in [-0.2, 0) is 23.9 Å². The molecule has 118 valence electrons. The van der Waals surface area contributed by atoms with Crippen LogP contribution in [0.4, 0.5) is 0 Å². The second-order valence-corrected chi connectivity index (χ2v) is 4.93. The van der Waals surface area contributed by atoms with Crippen molar-refractivity contribution in [2.24, 2.45) is 0 Å². The lowest BCUT2D eigenvalue weighted by Gasteiger charge is -1.95. The summed E-state index contributed by atoms with van der Waals surface area (Å²) in [4.78, 5) is 19.1. The van der Waals surface area contributed by atoms with Crippen LogP contribution in [0.1, 0.15) is 5.56 Å². The van der Waals surface area contributed by atoms with E-state index in [1.807, 2.05) is 18.2 Å². The molecular formula is C14H14O7S. The molecule has 22 heavy (non-hydrogen) atoms. The van der Waals surface area contributed by atoms with Gasteiger partial charge in [0.05, 0.1) is 11.7 Å². The Hall–Kier alpha value is -2.87. The maximum absolute atomic E-state index is 11.0. The molecule has 0 aromatic heterocycles. The molecule has 0 fully saturated rings. The van der Waals surface area contributed by atoms with Crippen molar-refractivity contribution >= 4 is 28.1 Å². The maximum atomic E-state index is 11.0. The van der Waals surface area contributed by atoms with Crippen LogP contribution >= 0.6 is 0 Å². The smallest absolute Gasteiger partial charge is 0.331 e. The second kappa shape index (κ2) is 9.94. The quantitative estimate of drug-likeness (QED) is 0.465. The average molecular weight is 326 g/mol. The predicted molar refractivity (Wildman–Crippen MR) is 80.1 cm³/mol. The van der Waals surface area contributed by atoms with Gasteiger partial charge in [-0.2, -0.15) is 8.42 Å². The van der Waals surface area contributed by atoms with Crippen molar-refractivity contribution in [1.82, 2.24) is 0 Å². The Labute approximate surface area is 127 Å². The molecule has 0 aliphatic carbocycles. The summed E-state index contributed by atoms with van der Waals surface area (Å²) in [5, 5.41) is 16.6. The Morgan fingerprint density at radius 3 is 1.95 bits per heavy atom. The number of hydrogen-bond acceptors (Lipinski definition) is 5. The highest BCUT2D eigenvalue weighted by molar-refractivity contribution is 7.89. The first-order chi connectivity index (χ1) is 10.3. The average Bonchev–Trinajstić information content (AvgIpc) is 2.45. The van der Waals surface area contributed by atoms with Crippen molar-refractivity contribution < 1.29 is 32.4 Å². The Morgan fingerprint density at radius 1 is 1.05 bits per heavy atom. The Kier molecular flexibility index (Phi) is 8.65. The number of rotatable bonds is 6. The van der Waals surface area contributed by atoms with Gasteiger partial charge in [-0.15, -0.1) is 0 Å². The zero-order chi connectivity index (χ0) is 17.0. The van der Waals surface area contributed by atoms with Crippen LogP contribution in [-0.4, -0.2) is 30.6 Å². The minimum atomic E-state index is -3.63. The maximum Gasteiger partial charge on any atom is 0.331 e. The molecule has 0 saturated carbocycles. The van der Waals surface area contributed by atoms with Crippen molar-refractivity contribution in [3.8, 4) is 0 Å². The van der Waals surface area contributed by atoms with Crippen molar-refractivity contribution in [2.75, 3.05) is 0 Å². The predicted octanol–water partition coefficient (Wildman–Crippen LogP) is 1.86. The van der Waals surface area contributed by atoms with Gasteiger partial charge in [0.2, 0.25) is 0 Å². The van der Waals surface area contributed by atoms with Crippen LogP contribution in [0.25, 0.3) is 6.08 Å². The first-order valence-electron chi connectivity index (χ1n) is 5.68. The molecule has 1 aromatic carbocycles. The summed E-state index contributed by atoms with van der Waals surface area (Å²) in [6.45, 7) is 3.17. The highest BCUT2D eigenvalue weighted by atomic mass is 32.2. The van der Waals surface area contributed by atoms with Gasteiger partial charge >= 0.3 is 22.1 Å². The topological polar surface area (TPSA) is 118 Å². The number of hydrogen-bond donors (Lipinski definition) is 2. The highest BCUT2D eigenvalue weighted by Crippen LogP contribution is 2.04. The van der Waals surface area contributed by atoms with Crippen LogP contribution in [0.2, 0.25) is 0 Å².